The van der Waals surface area contributed by atoms with Gasteiger partial charge in [-0.25, -0.2) is 0 Å². The Kier molecular flexibility index (Phi) is 8.16. The molecule has 0 radical (unpaired) electrons. The van der Waals surface area contributed by atoms with E-state index in [9.17, 15) is 0 Å². The van der Waals surface area contributed by atoms with E-state index < -0.39 is 24.5 Å². The van der Waals surface area contributed by atoms with Crippen LogP contribution in [-0.4, -0.2) is 0 Å². The molecule has 0 bridgehead atoms. The van der Waals surface area contributed by atoms with Crippen LogP contribution in [0.25, 0.3) is 77.6 Å². The number of hydrogen-bond donors (Lipinski definition) is 0. The number of benzene rings is 11. The van der Waals surface area contributed by atoms with Crippen LogP contribution in [0.2, 0.25) is 0 Å². The molecule has 11 aromatic carbocycles. The molecule has 2 heteroatoms. The Labute approximate surface area is 429 Å². The minimum atomic E-state index is -2.92. The third-order valence-electron chi connectivity index (χ3n) is 15.3. The molecule has 2 aliphatic carbocycles. The fourth-order valence-electron chi connectivity index (χ4n) is 11.9. The summed E-state index contributed by atoms with van der Waals surface area (Å²) in [6, 6.07) is 89.6. The van der Waals surface area contributed by atoms with Crippen molar-refractivity contribution in [2.24, 2.45) is 0 Å². The van der Waals surface area contributed by atoms with Gasteiger partial charge in [-0.1, -0.05) is 244 Å². The fourth-order valence-corrected chi connectivity index (χ4v) is 11.9. The molecule has 0 aliphatic heterocycles. The molecule has 0 N–H and O–H groups in total. The summed E-state index contributed by atoms with van der Waals surface area (Å²) in [7, 11) is 0. The number of furan rings is 1. The second-order valence-electron chi connectivity index (χ2n) is 19.1. The Morgan fingerprint density at radius 3 is 1.38 bits per heavy atom. The summed E-state index contributed by atoms with van der Waals surface area (Å²) in [6.07, 6.45) is 0. The van der Waals surface area contributed by atoms with Crippen molar-refractivity contribution in [1.82, 2.24) is 0 Å². The predicted molar refractivity (Wildman–Crippen MR) is 300 cm³/mol. The van der Waals surface area contributed by atoms with Gasteiger partial charge < -0.3 is 9.32 Å². The smallest absolute Gasteiger partial charge is 0.159 e. The molecule has 340 valence electrons. The molecular formula is C70H49NO. The Morgan fingerprint density at radius 2 is 0.778 bits per heavy atom. The van der Waals surface area contributed by atoms with Crippen molar-refractivity contribution in [3.05, 3.63) is 294 Å². The molecule has 14 rings (SSSR count). The van der Waals surface area contributed by atoms with Gasteiger partial charge in [-0.2, -0.15) is 0 Å². The van der Waals surface area contributed by atoms with Crippen molar-refractivity contribution in [1.29, 1.82) is 0 Å². The number of fused-ring (bicyclic) bond motifs is 9. The van der Waals surface area contributed by atoms with Crippen molar-refractivity contribution in [2.45, 2.75) is 24.5 Å². The minimum absolute atomic E-state index is 0.241. The molecule has 2 aliphatic rings. The molecular weight excluding hydrogens is 871 g/mol. The second kappa shape index (κ2) is 16.3. The van der Waals surface area contributed by atoms with Crippen LogP contribution < -0.4 is 4.90 Å². The van der Waals surface area contributed by atoms with Crippen molar-refractivity contribution in [2.75, 3.05) is 4.90 Å². The van der Waals surface area contributed by atoms with Crippen LogP contribution in [-0.2, 0) is 10.8 Å². The second-order valence-corrected chi connectivity index (χ2v) is 19.1. The van der Waals surface area contributed by atoms with Crippen molar-refractivity contribution in [3.63, 3.8) is 0 Å². The van der Waals surface area contributed by atoms with E-state index in [1.807, 2.05) is 72.8 Å². The number of anilines is 3. The topological polar surface area (TPSA) is 16.4 Å². The van der Waals surface area contributed by atoms with Crippen molar-refractivity contribution < 1.29 is 12.6 Å². The first-order valence-electron chi connectivity index (χ1n) is 27.6. The van der Waals surface area contributed by atoms with Gasteiger partial charge in [-0.15, -0.1) is 0 Å². The van der Waals surface area contributed by atoms with Gasteiger partial charge >= 0.3 is 0 Å². The highest BCUT2D eigenvalue weighted by Crippen LogP contribution is 2.57. The number of hydrogen-bond acceptors (Lipinski definition) is 2. The van der Waals surface area contributed by atoms with Crippen LogP contribution in [0.5, 0.6) is 0 Å². The summed E-state index contributed by atoms with van der Waals surface area (Å²) < 4.78 is 61.3. The van der Waals surface area contributed by atoms with Gasteiger partial charge in [0.25, 0.3) is 0 Å². The Balaban J connectivity index is 0.928. The average molecular weight is 926 g/mol. The van der Waals surface area contributed by atoms with Gasteiger partial charge in [-0.3, -0.25) is 0 Å². The zero-order chi connectivity index (χ0) is 53.0. The molecule has 0 fully saturated rings. The molecule has 0 saturated heterocycles. The zero-order valence-corrected chi connectivity index (χ0v) is 39.2. The molecule has 0 unspecified atom stereocenters. The van der Waals surface area contributed by atoms with Gasteiger partial charge in [0.2, 0.25) is 0 Å². The van der Waals surface area contributed by atoms with Crippen LogP contribution in [0.4, 0.5) is 17.1 Å². The van der Waals surface area contributed by atoms with Crippen molar-refractivity contribution in [3.8, 4) is 55.6 Å². The maximum Gasteiger partial charge on any atom is 0.159 e. The van der Waals surface area contributed by atoms with E-state index in [-0.39, 0.29) is 11.1 Å². The van der Waals surface area contributed by atoms with Crippen LogP contribution in [0.15, 0.2) is 265 Å². The van der Waals surface area contributed by atoms with Gasteiger partial charge in [0.15, 0.2) is 5.58 Å². The summed E-state index contributed by atoms with van der Waals surface area (Å²) in [5, 5.41) is 1.84. The monoisotopic (exact) mass is 925 g/mol. The Morgan fingerprint density at radius 1 is 0.333 bits per heavy atom. The van der Waals surface area contributed by atoms with Gasteiger partial charge in [-0.05, 0) is 114 Å². The van der Waals surface area contributed by atoms with Gasteiger partial charge in [0, 0.05) is 41.4 Å². The third-order valence-corrected chi connectivity index (χ3v) is 15.3. The molecule has 0 saturated carbocycles. The molecule has 72 heavy (non-hydrogen) atoms. The molecule has 2 nitrogen and oxygen atoms in total. The van der Waals surface area contributed by atoms with Crippen LogP contribution in [0.3, 0.4) is 0 Å². The van der Waals surface area contributed by atoms with Crippen molar-refractivity contribution >= 4 is 39.0 Å². The molecule has 1 heterocycles. The number of para-hydroxylation sites is 2. The normalized spacial score (nSPS) is 15.2. The highest BCUT2D eigenvalue weighted by Gasteiger charge is 2.46. The predicted octanol–water partition coefficient (Wildman–Crippen LogP) is 18.7. The first kappa shape index (κ1) is 36.0. The largest absolute Gasteiger partial charge is 0.453 e. The van der Waals surface area contributed by atoms with E-state index in [2.05, 4.69) is 175 Å². The summed E-state index contributed by atoms with van der Waals surface area (Å²) in [5.41, 5.74) is 15.9. The van der Waals surface area contributed by atoms with E-state index in [1.54, 1.807) is 18.2 Å². The Hall–Kier alpha value is -8.98. The highest BCUT2D eigenvalue weighted by molar-refractivity contribution is 6.13. The maximum atomic E-state index is 9.01. The van der Waals surface area contributed by atoms with E-state index in [1.165, 1.54) is 33.4 Å². The van der Waals surface area contributed by atoms with E-state index in [4.69, 9.17) is 12.6 Å². The first-order valence-corrected chi connectivity index (χ1v) is 24.6. The quantitative estimate of drug-likeness (QED) is 0.151. The van der Waals surface area contributed by atoms with E-state index in [0.29, 0.717) is 28.1 Å². The lowest BCUT2D eigenvalue weighted by Gasteiger charge is -2.34. The summed E-state index contributed by atoms with van der Waals surface area (Å²) >= 11 is 0. The SMILES string of the molecule is [2H]C([2H])([2H])C1(C([2H])([2H])[2H])c2ccccc2-c2ccc(N(c3ccc(-c4ccccc4)cc3)c3cccc4c3oc3c(-c5ccc(C6(c7ccc(-c8ccccc8)cc7)c7ccccc7-c7ccccc76)cc5)cccc34)cc21. The summed E-state index contributed by atoms with van der Waals surface area (Å²) in [4.78, 5) is 2.06. The van der Waals surface area contributed by atoms with Crippen LogP contribution in [0.1, 0.15) is 55.3 Å². The molecule has 12 aromatic rings. The number of rotatable bonds is 8. The van der Waals surface area contributed by atoms with Crippen LogP contribution in [0, 0.1) is 0 Å². The third kappa shape index (κ3) is 6.28. The first-order chi connectivity index (χ1) is 38.0. The molecule has 0 atom stereocenters. The maximum absolute atomic E-state index is 9.01. The zero-order valence-electron chi connectivity index (χ0n) is 45.2. The Bertz CT molecular complexity index is 4210. The molecule has 1 aromatic heterocycles. The molecule has 0 amide bonds. The fraction of sp³-hybridized carbons (Fsp3) is 0.0571. The van der Waals surface area contributed by atoms with Gasteiger partial charge in [0.1, 0.15) is 5.58 Å². The minimum Gasteiger partial charge on any atom is -0.453 e. The lowest BCUT2D eigenvalue weighted by atomic mass is 9.67. The van der Waals surface area contributed by atoms with E-state index in [0.717, 1.165) is 55.4 Å². The molecule has 0 spiro atoms. The summed E-state index contributed by atoms with van der Waals surface area (Å²) in [6.45, 7) is -5.84. The van der Waals surface area contributed by atoms with Crippen LogP contribution >= 0.6 is 0 Å². The lowest BCUT2D eigenvalue weighted by molar-refractivity contribution is 0.660. The standard InChI is InChI=1S/C70H49NO/c1-69(2)62-27-12-9-21-56(62)59-44-43-54(45-65(59)69)71(53-41-35-49(36-42-53)47-19-7-4-8-20-47)66-30-16-26-61-60-25-15-24-55(67(60)72-68(61)66)50-33-39-52(40-34-50)70(51-37-31-48(32-38-51)46-17-5-3-6-18-46)63-28-13-10-22-57(63)58-23-11-14-29-64(58)70/h3-45H,1-2H3/i1D3,2D3. The van der Waals surface area contributed by atoms with Gasteiger partial charge in [0.05, 0.1) is 11.1 Å². The summed E-state index contributed by atoms with van der Waals surface area (Å²) in [5.74, 6) is 0. The number of nitrogens with zero attached hydrogens (tertiary/aromatic N) is 1. The average Bonchev–Trinajstić information content (AvgIpc) is 4.01. The highest BCUT2D eigenvalue weighted by atomic mass is 16.3. The lowest BCUT2D eigenvalue weighted by Crippen LogP contribution is -2.28. The van der Waals surface area contributed by atoms with E-state index >= 15 is 0 Å².